The first kappa shape index (κ1) is 20.0. The number of alkyl halides is 3. The summed E-state index contributed by atoms with van der Waals surface area (Å²) in [7, 11) is -9.14. The first-order valence-electron chi connectivity index (χ1n) is 7.04. The van der Waals surface area contributed by atoms with Gasteiger partial charge in [-0.1, -0.05) is 11.6 Å². The Bertz CT molecular complexity index is 1030. The van der Waals surface area contributed by atoms with Crippen molar-refractivity contribution in [1.82, 2.24) is 0 Å². The summed E-state index contributed by atoms with van der Waals surface area (Å²) >= 11 is 0. The Morgan fingerprint density at radius 1 is 1.12 bits per heavy atom. The number of hydrogen-bond donors (Lipinski definition) is 2. The molecular weight excluding hydrogens is 397 g/mol. The largest absolute Gasteiger partial charge is 0.506 e. The van der Waals surface area contributed by atoms with E-state index in [1.165, 1.54) is 25.3 Å². The Morgan fingerprint density at radius 3 is 2.35 bits per heavy atom. The van der Waals surface area contributed by atoms with E-state index in [1.807, 2.05) is 0 Å². The Morgan fingerprint density at radius 2 is 1.77 bits per heavy atom. The highest BCUT2D eigenvalue weighted by Crippen LogP contribution is 2.33. The van der Waals surface area contributed by atoms with Gasteiger partial charge in [0.15, 0.2) is 16.0 Å². The van der Waals surface area contributed by atoms with Crippen molar-refractivity contribution in [3.05, 3.63) is 42.7 Å². The quantitative estimate of drug-likeness (QED) is 0.573. The number of nitrogens with one attached hydrogen (secondary N) is 1. The van der Waals surface area contributed by atoms with Crippen LogP contribution in [0, 0.1) is 0 Å². The number of anilines is 1. The fourth-order valence-electron chi connectivity index (χ4n) is 1.92. The van der Waals surface area contributed by atoms with E-state index >= 15 is 0 Å². The smallest absolute Gasteiger partial charge is 0.501 e. The van der Waals surface area contributed by atoms with Gasteiger partial charge in [0, 0.05) is 6.07 Å². The van der Waals surface area contributed by atoms with Gasteiger partial charge in [0.2, 0.25) is 6.20 Å². The highest BCUT2D eigenvalue weighted by molar-refractivity contribution is 7.92. The summed E-state index contributed by atoms with van der Waals surface area (Å²) in [6, 6.07) is 4.69. The van der Waals surface area contributed by atoms with Crippen LogP contribution in [0.1, 0.15) is 6.92 Å². The first-order valence-corrected chi connectivity index (χ1v) is 10.2. The van der Waals surface area contributed by atoms with Crippen LogP contribution >= 0.6 is 0 Å². The maximum Gasteiger partial charge on any atom is 0.501 e. The summed E-state index contributed by atoms with van der Waals surface area (Å²) in [5, 5.41) is 9.77. The number of aromatic nitrogens is 1. The molecule has 0 radical (unpaired) electrons. The summed E-state index contributed by atoms with van der Waals surface area (Å²) in [5.41, 5.74) is -3.41. The average Bonchev–Trinajstić information content (AvgIpc) is 2.56. The van der Waals surface area contributed by atoms with Crippen molar-refractivity contribution in [2.24, 2.45) is 0 Å². The number of benzene rings is 1. The zero-order chi connectivity index (χ0) is 19.8. The normalized spacial score (nSPS) is 12.8. The average molecular weight is 411 g/mol. The van der Waals surface area contributed by atoms with Gasteiger partial charge >= 0.3 is 5.51 Å². The van der Waals surface area contributed by atoms with Crippen LogP contribution in [-0.4, -0.2) is 33.2 Å². The second kappa shape index (κ2) is 6.76. The number of phenolic OH excluding ortho intramolecular Hbond substituents is 1. The van der Waals surface area contributed by atoms with Gasteiger partial charge < -0.3 is 5.11 Å². The lowest BCUT2D eigenvalue weighted by Gasteiger charge is -2.10. The monoisotopic (exact) mass is 411 g/mol. The third kappa shape index (κ3) is 3.90. The molecule has 7 nitrogen and oxygen atoms in total. The molecule has 0 aliphatic carbocycles. The summed E-state index contributed by atoms with van der Waals surface area (Å²) < 4.78 is 85.7. The number of sulfone groups is 2. The summed E-state index contributed by atoms with van der Waals surface area (Å²) in [6.07, 6.45) is 2.47. The second-order valence-electron chi connectivity index (χ2n) is 5.09. The summed E-state index contributed by atoms with van der Waals surface area (Å²) in [4.78, 5) is -1.13. The number of aromatic hydroxyl groups is 1. The summed E-state index contributed by atoms with van der Waals surface area (Å²) in [5.74, 6) is -0.691. The number of rotatable bonds is 5. The van der Waals surface area contributed by atoms with Gasteiger partial charge in [-0.2, -0.15) is 18.6 Å². The van der Waals surface area contributed by atoms with Crippen molar-refractivity contribution >= 4 is 25.4 Å². The van der Waals surface area contributed by atoms with Crippen LogP contribution in [0.2, 0.25) is 0 Å². The van der Waals surface area contributed by atoms with E-state index in [-0.39, 0.29) is 16.3 Å². The predicted molar refractivity (Wildman–Crippen MR) is 84.7 cm³/mol. The highest BCUT2D eigenvalue weighted by atomic mass is 32.2. The van der Waals surface area contributed by atoms with Crippen molar-refractivity contribution in [1.29, 1.82) is 0 Å². The lowest BCUT2D eigenvalue weighted by atomic mass is 10.3. The molecule has 0 atom stereocenters. The van der Waals surface area contributed by atoms with Crippen molar-refractivity contribution in [2.45, 2.75) is 22.2 Å². The molecule has 0 saturated heterocycles. The second-order valence-corrected chi connectivity index (χ2v) is 9.31. The van der Waals surface area contributed by atoms with Gasteiger partial charge in [0.25, 0.3) is 9.84 Å². The van der Waals surface area contributed by atoms with Gasteiger partial charge in [-0.05, 0) is 24.3 Å². The maximum atomic E-state index is 12.7. The zero-order valence-corrected chi connectivity index (χ0v) is 14.9. The number of pyridine rings is 1. The predicted octanol–water partition coefficient (Wildman–Crippen LogP) is 1.64. The van der Waals surface area contributed by atoms with Crippen LogP contribution in [0.5, 0.6) is 5.75 Å². The lowest BCUT2D eigenvalue weighted by Crippen LogP contribution is -2.42. The van der Waals surface area contributed by atoms with Crippen LogP contribution in [-0.2, 0) is 19.7 Å². The van der Waals surface area contributed by atoms with Crippen LogP contribution in [0.4, 0.5) is 18.9 Å². The SMILES string of the molecule is CCS(=O)(=O)c1ccc[n+](Nc2cc(S(=O)(=O)C(F)(F)F)ccc2O)c1. The molecule has 0 aliphatic rings. The molecule has 0 bridgehead atoms. The molecule has 26 heavy (non-hydrogen) atoms. The molecule has 1 heterocycles. The third-order valence-corrected chi connectivity index (χ3v) is 6.55. The van der Waals surface area contributed by atoms with Gasteiger partial charge in [0.05, 0.1) is 10.6 Å². The standard InChI is InChI=1S/C14H13F3N2O5S2/c1-2-25(21,22)11-4-3-7-19(9-11)18-12-8-10(5-6-13(12)20)26(23,24)14(15,16)17/h3-9,18H,2H2,1H3/p+1. The van der Waals surface area contributed by atoms with E-state index in [1.54, 1.807) is 0 Å². The molecule has 142 valence electrons. The molecular formula is C14H14F3N2O5S2+. The number of halogens is 3. The molecule has 0 fully saturated rings. The van der Waals surface area contributed by atoms with E-state index < -0.39 is 35.8 Å². The van der Waals surface area contributed by atoms with Crippen LogP contribution in [0.25, 0.3) is 0 Å². The minimum atomic E-state index is -5.60. The molecule has 0 aliphatic heterocycles. The molecule has 0 unspecified atom stereocenters. The van der Waals surface area contributed by atoms with Crippen molar-refractivity contribution in [3.8, 4) is 5.75 Å². The number of phenols is 1. The topological polar surface area (TPSA) is 104 Å². The van der Waals surface area contributed by atoms with E-state index in [0.717, 1.165) is 16.9 Å². The number of hydrogen-bond acceptors (Lipinski definition) is 6. The Balaban J connectivity index is 2.46. The molecule has 1 aromatic heterocycles. The molecule has 0 spiro atoms. The minimum absolute atomic E-state index is 0.0615. The van der Waals surface area contributed by atoms with Crippen molar-refractivity contribution in [2.75, 3.05) is 11.2 Å². The highest BCUT2D eigenvalue weighted by Gasteiger charge is 2.47. The van der Waals surface area contributed by atoms with E-state index in [0.29, 0.717) is 12.1 Å². The van der Waals surface area contributed by atoms with E-state index in [2.05, 4.69) is 5.43 Å². The minimum Gasteiger partial charge on any atom is -0.506 e. The molecule has 2 rings (SSSR count). The maximum absolute atomic E-state index is 12.7. The zero-order valence-electron chi connectivity index (χ0n) is 13.2. The Hall–Kier alpha value is -2.34. The van der Waals surface area contributed by atoms with Gasteiger partial charge in [0.1, 0.15) is 16.3 Å². The van der Waals surface area contributed by atoms with Crippen molar-refractivity contribution < 1.29 is 39.8 Å². The van der Waals surface area contributed by atoms with Crippen LogP contribution in [0.15, 0.2) is 52.5 Å². The van der Waals surface area contributed by atoms with Gasteiger partial charge in [-0.3, -0.25) is 0 Å². The molecule has 2 aromatic rings. The third-order valence-electron chi connectivity index (χ3n) is 3.35. The Kier molecular flexibility index (Phi) is 5.19. The fourth-order valence-corrected chi connectivity index (χ4v) is 3.60. The van der Waals surface area contributed by atoms with Crippen LogP contribution < -0.4 is 10.1 Å². The molecule has 1 aromatic carbocycles. The molecule has 2 N–H and O–H groups in total. The van der Waals surface area contributed by atoms with Gasteiger partial charge in [-0.25, -0.2) is 16.8 Å². The number of nitrogens with zero attached hydrogens (tertiary/aromatic N) is 1. The van der Waals surface area contributed by atoms with Crippen molar-refractivity contribution in [3.63, 3.8) is 0 Å². The van der Waals surface area contributed by atoms with Crippen LogP contribution in [0.3, 0.4) is 0 Å². The van der Waals surface area contributed by atoms with E-state index in [4.69, 9.17) is 0 Å². The fraction of sp³-hybridized carbons (Fsp3) is 0.214. The lowest BCUT2D eigenvalue weighted by molar-refractivity contribution is -0.644. The summed E-state index contributed by atoms with van der Waals surface area (Å²) in [6.45, 7) is 1.44. The molecule has 0 saturated carbocycles. The Labute approximate surface area is 147 Å². The first-order chi connectivity index (χ1) is 11.9. The molecule has 12 heteroatoms. The van der Waals surface area contributed by atoms with Gasteiger partial charge in [-0.15, -0.1) is 0 Å². The van der Waals surface area contributed by atoms with E-state index in [9.17, 15) is 35.1 Å². The molecule has 0 amide bonds.